The molecule has 1 aromatic heterocycles. The number of amides is 1. The molecule has 124 valence electrons. The molecule has 1 aliphatic heterocycles. The van der Waals surface area contributed by atoms with Crippen LogP contribution in [0.1, 0.15) is 36.1 Å². The SMILES string of the molecule is COc1cccc(C2(C(=O)N3CCc4cccnc4C3)CCC2)c1. The molecule has 1 saturated carbocycles. The van der Waals surface area contributed by atoms with Crippen molar-refractivity contribution in [3.63, 3.8) is 0 Å². The summed E-state index contributed by atoms with van der Waals surface area (Å²) in [7, 11) is 1.67. The first kappa shape index (κ1) is 15.2. The summed E-state index contributed by atoms with van der Waals surface area (Å²) in [6.45, 7) is 1.41. The van der Waals surface area contributed by atoms with E-state index < -0.39 is 0 Å². The molecule has 2 aromatic rings. The van der Waals surface area contributed by atoms with Crippen molar-refractivity contribution in [1.82, 2.24) is 9.88 Å². The number of benzene rings is 1. The standard InChI is InChI=1S/C20H22N2O2/c1-24-17-7-2-6-16(13-17)20(9-4-10-20)19(23)22-12-8-15-5-3-11-21-18(15)14-22/h2-3,5-7,11,13H,4,8-10,12,14H2,1H3. The Morgan fingerprint density at radius 1 is 1.25 bits per heavy atom. The fourth-order valence-electron chi connectivity index (χ4n) is 3.91. The number of hydrogen-bond acceptors (Lipinski definition) is 3. The van der Waals surface area contributed by atoms with E-state index in [1.807, 2.05) is 35.4 Å². The van der Waals surface area contributed by atoms with Gasteiger partial charge >= 0.3 is 0 Å². The number of carbonyl (C=O) groups excluding carboxylic acids is 1. The van der Waals surface area contributed by atoms with Gasteiger partial charge in [0.2, 0.25) is 5.91 Å². The van der Waals surface area contributed by atoms with Crippen molar-refractivity contribution >= 4 is 5.91 Å². The minimum atomic E-state index is -0.374. The second-order valence-corrected chi connectivity index (χ2v) is 6.75. The summed E-state index contributed by atoms with van der Waals surface area (Å²) in [5.74, 6) is 1.07. The smallest absolute Gasteiger partial charge is 0.233 e. The number of fused-ring (bicyclic) bond motifs is 1. The number of methoxy groups -OCH3 is 1. The van der Waals surface area contributed by atoms with E-state index in [0.717, 1.165) is 49.2 Å². The molecule has 1 amide bonds. The molecule has 0 bridgehead atoms. The lowest BCUT2D eigenvalue weighted by Crippen LogP contribution is -2.52. The zero-order valence-corrected chi connectivity index (χ0v) is 14.0. The lowest BCUT2D eigenvalue weighted by atomic mass is 9.63. The van der Waals surface area contributed by atoms with Crippen LogP contribution >= 0.6 is 0 Å². The van der Waals surface area contributed by atoms with Crippen LogP contribution in [0.25, 0.3) is 0 Å². The van der Waals surface area contributed by atoms with E-state index >= 15 is 0 Å². The van der Waals surface area contributed by atoms with Crippen molar-refractivity contribution in [2.45, 2.75) is 37.6 Å². The molecule has 0 atom stereocenters. The van der Waals surface area contributed by atoms with E-state index in [1.54, 1.807) is 7.11 Å². The first-order valence-corrected chi connectivity index (χ1v) is 8.60. The largest absolute Gasteiger partial charge is 0.497 e. The molecule has 2 aliphatic rings. The van der Waals surface area contributed by atoms with Crippen molar-refractivity contribution in [3.05, 3.63) is 59.4 Å². The fourth-order valence-corrected chi connectivity index (χ4v) is 3.91. The average molecular weight is 322 g/mol. The number of nitrogens with zero attached hydrogens (tertiary/aromatic N) is 2. The molecular weight excluding hydrogens is 300 g/mol. The molecule has 0 saturated heterocycles. The van der Waals surface area contributed by atoms with Crippen LogP contribution in [0.2, 0.25) is 0 Å². The zero-order chi connectivity index (χ0) is 16.6. The summed E-state index contributed by atoms with van der Waals surface area (Å²) in [5.41, 5.74) is 3.02. The maximum Gasteiger partial charge on any atom is 0.233 e. The molecule has 0 radical (unpaired) electrons. The van der Waals surface area contributed by atoms with E-state index in [0.29, 0.717) is 6.54 Å². The van der Waals surface area contributed by atoms with Gasteiger partial charge in [0.1, 0.15) is 5.75 Å². The first-order valence-electron chi connectivity index (χ1n) is 8.60. The van der Waals surface area contributed by atoms with Gasteiger partial charge < -0.3 is 9.64 Å². The minimum absolute atomic E-state index is 0.248. The van der Waals surface area contributed by atoms with E-state index in [9.17, 15) is 4.79 Å². The highest BCUT2D eigenvalue weighted by molar-refractivity contribution is 5.89. The highest BCUT2D eigenvalue weighted by Gasteiger charge is 2.48. The second kappa shape index (κ2) is 5.93. The Kier molecular flexibility index (Phi) is 3.75. The van der Waals surface area contributed by atoms with Gasteiger partial charge in [-0.2, -0.15) is 0 Å². The van der Waals surface area contributed by atoms with Gasteiger partial charge in [-0.3, -0.25) is 9.78 Å². The van der Waals surface area contributed by atoms with Crippen LogP contribution < -0.4 is 4.74 Å². The summed E-state index contributed by atoms with van der Waals surface area (Å²) in [6.07, 6.45) is 5.65. The molecule has 0 N–H and O–H groups in total. The predicted octanol–water partition coefficient (Wildman–Crippen LogP) is 3.10. The Morgan fingerprint density at radius 2 is 2.12 bits per heavy atom. The Bertz CT molecular complexity index is 768. The topological polar surface area (TPSA) is 42.4 Å². The van der Waals surface area contributed by atoms with Gasteiger partial charge in [0, 0.05) is 12.7 Å². The van der Waals surface area contributed by atoms with Crippen LogP contribution in [0.3, 0.4) is 0 Å². The molecule has 2 heterocycles. The van der Waals surface area contributed by atoms with Crippen LogP contribution in [0.4, 0.5) is 0 Å². The summed E-state index contributed by atoms with van der Waals surface area (Å²) in [4.78, 5) is 19.8. The third-order valence-corrected chi connectivity index (χ3v) is 5.50. The van der Waals surface area contributed by atoms with Crippen molar-refractivity contribution in [2.24, 2.45) is 0 Å². The third kappa shape index (κ3) is 2.37. The normalized spacial score (nSPS) is 18.5. The number of aromatic nitrogens is 1. The number of rotatable bonds is 3. The molecular formula is C20H22N2O2. The molecule has 1 aromatic carbocycles. The van der Waals surface area contributed by atoms with Crippen molar-refractivity contribution in [1.29, 1.82) is 0 Å². The maximum atomic E-state index is 13.4. The minimum Gasteiger partial charge on any atom is -0.497 e. The number of hydrogen-bond donors (Lipinski definition) is 0. The van der Waals surface area contributed by atoms with E-state index in [4.69, 9.17) is 4.74 Å². The van der Waals surface area contributed by atoms with E-state index in [-0.39, 0.29) is 11.3 Å². The Balaban J connectivity index is 1.62. The summed E-state index contributed by atoms with van der Waals surface area (Å²) >= 11 is 0. The molecule has 0 spiro atoms. The van der Waals surface area contributed by atoms with Crippen LogP contribution in [0.15, 0.2) is 42.6 Å². The van der Waals surface area contributed by atoms with Gasteiger partial charge in [-0.15, -0.1) is 0 Å². The van der Waals surface area contributed by atoms with E-state index in [2.05, 4.69) is 17.1 Å². The highest BCUT2D eigenvalue weighted by atomic mass is 16.5. The average Bonchev–Trinajstić information content (AvgIpc) is 2.60. The van der Waals surface area contributed by atoms with Gasteiger partial charge in [-0.1, -0.05) is 24.6 Å². The van der Waals surface area contributed by atoms with Crippen LogP contribution in [0.5, 0.6) is 5.75 Å². The number of ether oxygens (including phenoxy) is 1. The lowest BCUT2D eigenvalue weighted by Gasteiger charge is -2.45. The highest BCUT2D eigenvalue weighted by Crippen LogP contribution is 2.46. The van der Waals surface area contributed by atoms with Crippen molar-refractivity contribution in [3.8, 4) is 5.75 Å². The Labute approximate surface area is 142 Å². The summed E-state index contributed by atoms with van der Waals surface area (Å²) < 4.78 is 5.36. The number of pyridine rings is 1. The molecule has 4 rings (SSSR count). The molecule has 4 nitrogen and oxygen atoms in total. The molecule has 0 unspecified atom stereocenters. The number of carbonyl (C=O) groups is 1. The monoisotopic (exact) mass is 322 g/mol. The quantitative estimate of drug-likeness (QED) is 0.872. The van der Waals surface area contributed by atoms with Gasteiger partial charge in [0.05, 0.1) is 24.8 Å². The van der Waals surface area contributed by atoms with Gasteiger partial charge in [-0.05, 0) is 48.6 Å². The van der Waals surface area contributed by atoms with Crippen LogP contribution in [-0.2, 0) is 23.2 Å². The van der Waals surface area contributed by atoms with E-state index in [1.165, 1.54) is 5.56 Å². The van der Waals surface area contributed by atoms with Crippen LogP contribution in [-0.4, -0.2) is 29.4 Å². The lowest BCUT2D eigenvalue weighted by molar-refractivity contribution is -0.142. The Morgan fingerprint density at radius 3 is 2.88 bits per heavy atom. The molecule has 4 heteroatoms. The second-order valence-electron chi connectivity index (χ2n) is 6.75. The van der Waals surface area contributed by atoms with Gasteiger partial charge in [-0.25, -0.2) is 0 Å². The maximum absolute atomic E-state index is 13.4. The molecule has 24 heavy (non-hydrogen) atoms. The fraction of sp³-hybridized carbons (Fsp3) is 0.400. The first-order chi connectivity index (χ1) is 11.7. The zero-order valence-electron chi connectivity index (χ0n) is 14.0. The Hall–Kier alpha value is -2.36. The predicted molar refractivity (Wildman–Crippen MR) is 91.9 cm³/mol. The van der Waals surface area contributed by atoms with Crippen molar-refractivity contribution < 1.29 is 9.53 Å². The summed E-state index contributed by atoms with van der Waals surface area (Å²) in [5, 5.41) is 0. The van der Waals surface area contributed by atoms with Gasteiger partial charge in [0.25, 0.3) is 0 Å². The van der Waals surface area contributed by atoms with Gasteiger partial charge in [0.15, 0.2) is 0 Å². The third-order valence-electron chi connectivity index (χ3n) is 5.50. The van der Waals surface area contributed by atoms with Crippen molar-refractivity contribution in [2.75, 3.05) is 13.7 Å². The van der Waals surface area contributed by atoms with Crippen LogP contribution in [0, 0.1) is 0 Å². The summed E-state index contributed by atoms with van der Waals surface area (Å²) in [6, 6.07) is 12.1. The molecule has 1 aliphatic carbocycles. The molecule has 1 fully saturated rings.